The van der Waals surface area contributed by atoms with E-state index in [1.54, 1.807) is 6.20 Å². The zero-order chi connectivity index (χ0) is 9.97. The maximum Gasteiger partial charge on any atom is 0.220 e. The zero-order valence-corrected chi connectivity index (χ0v) is 8.08. The number of hydrogen-bond acceptors (Lipinski definition) is 3. The molecule has 14 heavy (non-hydrogen) atoms. The van der Waals surface area contributed by atoms with Crippen molar-refractivity contribution in [1.82, 2.24) is 10.3 Å². The Morgan fingerprint density at radius 2 is 2.50 bits per heavy atom. The second kappa shape index (κ2) is 3.65. The van der Waals surface area contributed by atoms with Gasteiger partial charge >= 0.3 is 0 Å². The van der Waals surface area contributed by atoms with Crippen LogP contribution >= 0.6 is 0 Å². The van der Waals surface area contributed by atoms with E-state index in [2.05, 4.69) is 15.6 Å². The molecule has 1 fully saturated rings. The van der Waals surface area contributed by atoms with Crippen molar-refractivity contribution in [3.05, 3.63) is 23.9 Å². The maximum atomic E-state index is 11.0. The molecule has 2 rings (SSSR count). The first kappa shape index (κ1) is 8.99. The molecule has 1 atom stereocenters. The van der Waals surface area contributed by atoms with E-state index >= 15 is 0 Å². The predicted molar refractivity (Wildman–Crippen MR) is 54.2 cm³/mol. The van der Waals surface area contributed by atoms with Gasteiger partial charge in [-0.25, -0.2) is 4.98 Å². The molecule has 1 unspecified atom stereocenters. The number of nitrogens with zero attached hydrogens (tertiary/aromatic N) is 1. The number of rotatable bonds is 2. The summed E-state index contributed by atoms with van der Waals surface area (Å²) < 4.78 is 0. The molecule has 1 aromatic heterocycles. The minimum absolute atomic E-state index is 0.137. The molecular formula is C10H13N3O. The van der Waals surface area contributed by atoms with E-state index in [0.717, 1.165) is 12.4 Å². The second-order valence-electron chi connectivity index (χ2n) is 3.43. The standard InChI is InChI=1S/C10H13N3O/c1-11-9-4-7(2-3-12-9)8-5-10(14)13-6-8/h2-4,8H,5-6H2,1H3,(H,11,12)(H,13,14). The molecule has 1 amide bonds. The lowest BCUT2D eigenvalue weighted by molar-refractivity contribution is -0.119. The highest BCUT2D eigenvalue weighted by Crippen LogP contribution is 2.23. The van der Waals surface area contributed by atoms with Gasteiger partial charge in [-0.2, -0.15) is 0 Å². The number of hydrogen-bond donors (Lipinski definition) is 2. The van der Waals surface area contributed by atoms with Crippen molar-refractivity contribution in [3.63, 3.8) is 0 Å². The van der Waals surface area contributed by atoms with Crippen molar-refractivity contribution < 1.29 is 4.79 Å². The summed E-state index contributed by atoms with van der Waals surface area (Å²) in [4.78, 5) is 15.2. The van der Waals surface area contributed by atoms with E-state index < -0.39 is 0 Å². The SMILES string of the molecule is CNc1cc(C2CNC(=O)C2)ccn1. The Morgan fingerprint density at radius 3 is 3.14 bits per heavy atom. The minimum atomic E-state index is 0.137. The number of anilines is 1. The first-order chi connectivity index (χ1) is 6.79. The highest BCUT2D eigenvalue weighted by atomic mass is 16.1. The van der Waals surface area contributed by atoms with Crippen molar-refractivity contribution in [3.8, 4) is 0 Å². The van der Waals surface area contributed by atoms with Crippen LogP contribution in [0.1, 0.15) is 17.9 Å². The molecule has 0 radical (unpaired) electrons. The number of nitrogens with one attached hydrogen (secondary N) is 2. The molecule has 0 bridgehead atoms. The van der Waals surface area contributed by atoms with Gasteiger partial charge in [0, 0.05) is 32.1 Å². The normalized spacial score (nSPS) is 20.6. The highest BCUT2D eigenvalue weighted by Gasteiger charge is 2.22. The Bertz CT molecular complexity index is 351. The quantitative estimate of drug-likeness (QED) is 0.724. The van der Waals surface area contributed by atoms with E-state index in [4.69, 9.17) is 0 Å². The van der Waals surface area contributed by atoms with Gasteiger partial charge in [0.25, 0.3) is 0 Å². The van der Waals surface area contributed by atoms with E-state index in [1.807, 2.05) is 19.2 Å². The average Bonchev–Trinajstić information content (AvgIpc) is 2.65. The molecule has 0 spiro atoms. The van der Waals surface area contributed by atoms with Crippen molar-refractivity contribution in [1.29, 1.82) is 0 Å². The van der Waals surface area contributed by atoms with Crippen LogP contribution < -0.4 is 10.6 Å². The third-order valence-electron chi connectivity index (χ3n) is 2.49. The van der Waals surface area contributed by atoms with Crippen LogP contribution in [0.3, 0.4) is 0 Å². The molecular weight excluding hydrogens is 178 g/mol. The summed E-state index contributed by atoms with van der Waals surface area (Å²) in [6, 6.07) is 3.96. The molecule has 1 aliphatic rings. The van der Waals surface area contributed by atoms with Crippen LogP contribution in [0.5, 0.6) is 0 Å². The monoisotopic (exact) mass is 191 g/mol. The Hall–Kier alpha value is -1.58. The molecule has 0 aromatic carbocycles. The number of pyridine rings is 1. The summed E-state index contributed by atoms with van der Waals surface area (Å²) in [6.45, 7) is 0.742. The van der Waals surface area contributed by atoms with E-state index in [9.17, 15) is 4.79 Å². The fourth-order valence-electron chi connectivity index (χ4n) is 1.68. The van der Waals surface area contributed by atoms with Gasteiger partial charge in [0.05, 0.1) is 0 Å². The van der Waals surface area contributed by atoms with Crippen LogP contribution in [0, 0.1) is 0 Å². The summed E-state index contributed by atoms with van der Waals surface area (Å²) >= 11 is 0. The Kier molecular flexibility index (Phi) is 2.35. The van der Waals surface area contributed by atoms with Crippen molar-refractivity contribution in [2.75, 3.05) is 18.9 Å². The molecule has 2 heterocycles. The number of aromatic nitrogens is 1. The summed E-state index contributed by atoms with van der Waals surface area (Å²) in [5.74, 6) is 1.29. The highest BCUT2D eigenvalue weighted by molar-refractivity contribution is 5.79. The summed E-state index contributed by atoms with van der Waals surface area (Å²) in [7, 11) is 1.84. The van der Waals surface area contributed by atoms with Gasteiger partial charge in [-0.1, -0.05) is 0 Å². The minimum Gasteiger partial charge on any atom is -0.373 e. The Balaban J connectivity index is 2.19. The van der Waals surface area contributed by atoms with Gasteiger partial charge in [-0.15, -0.1) is 0 Å². The van der Waals surface area contributed by atoms with Crippen molar-refractivity contribution in [2.45, 2.75) is 12.3 Å². The van der Waals surface area contributed by atoms with Crippen LogP contribution in [0.15, 0.2) is 18.3 Å². The van der Waals surface area contributed by atoms with Crippen LogP contribution in [0.4, 0.5) is 5.82 Å². The topological polar surface area (TPSA) is 54.0 Å². The molecule has 1 aliphatic heterocycles. The fraction of sp³-hybridized carbons (Fsp3) is 0.400. The van der Waals surface area contributed by atoms with Crippen LogP contribution in [0.2, 0.25) is 0 Å². The first-order valence-electron chi connectivity index (χ1n) is 4.70. The van der Waals surface area contributed by atoms with Crippen molar-refractivity contribution >= 4 is 11.7 Å². The lowest BCUT2D eigenvalue weighted by Crippen LogP contribution is -2.13. The fourth-order valence-corrected chi connectivity index (χ4v) is 1.68. The Morgan fingerprint density at radius 1 is 1.64 bits per heavy atom. The van der Waals surface area contributed by atoms with Gasteiger partial charge in [0.1, 0.15) is 5.82 Å². The third-order valence-corrected chi connectivity index (χ3v) is 2.49. The molecule has 1 saturated heterocycles. The largest absolute Gasteiger partial charge is 0.373 e. The molecule has 0 aliphatic carbocycles. The summed E-state index contributed by atoms with van der Waals surface area (Å²) in [6.07, 6.45) is 2.36. The molecule has 0 saturated carbocycles. The predicted octanol–water partition coefficient (Wildman–Crippen LogP) is 0.727. The number of carbonyl (C=O) groups is 1. The number of carbonyl (C=O) groups excluding carboxylic acids is 1. The smallest absolute Gasteiger partial charge is 0.220 e. The molecule has 4 nitrogen and oxygen atoms in total. The summed E-state index contributed by atoms with van der Waals surface area (Å²) in [5.41, 5.74) is 1.17. The lowest BCUT2D eigenvalue weighted by Gasteiger charge is -2.08. The van der Waals surface area contributed by atoms with Gasteiger partial charge in [-0.3, -0.25) is 4.79 Å². The van der Waals surface area contributed by atoms with Crippen LogP contribution in [0.25, 0.3) is 0 Å². The van der Waals surface area contributed by atoms with E-state index in [0.29, 0.717) is 12.3 Å². The van der Waals surface area contributed by atoms with E-state index in [1.165, 1.54) is 5.56 Å². The number of amides is 1. The van der Waals surface area contributed by atoms with Crippen LogP contribution in [-0.4, -0.2) is 24.5 Å². The van der Waals surface area contributed by atoms with Gasteiger partial charge in [0.15, 0.2) is 0 Å². The second-order valence-corrected chi connectivity index (χ2v) is 3.43. The van der Waals surface area contributed by atoms with Crippen LogP contribution in [-0.2, 0) is 4.79 Å². The third kappa shape index (κ3) is 1.69. The molecule has 1 aromatic rings. The van der Waals surface area contributed by atoms with Crippen molar-refractivity contribution in [2.24, 2.45) is 0 Å². The van der Waals surface area contributed by atoms with Gasteiger partial charge < -0.3 is 10.6 Å². The van der Waals surface area contributed by atoms with E-state index in [-0.39, 0.29) is 5.91 Å². The lowest BCUT2D eigenvalue weighted by atomic mass is 9.99. The summed E-state index contributed by atoms with van der Waals surface area (Å²) in [5, 5.41) is 5.81. The molecule has 2 N–H and O–H groups in total. The maximum absolute atomic E-state index is 11.0. The molecule has 4 heteroatoms. The van der Waals surface area contributed by atoms with Gasteiger partial charge in [-0.05, 0) is 17.7 Å². The average molecular weight is 191 g/mol. The molecule has 74 valence electrons. The first-order valence-corrected chi connectivity index (χ1v) is 4.70. The Labute approximate surface area is 82.7 Å². The van der Waals surface area contributed by atoms with Gasteiger partial charge in [0.2, 0.25) is 5.91 Å². The zero-order valence-electron chi connectivity index (χ0n) is 8.08.